The van der Waals surface area contributed by atoms with Crippen molar-refractivity contribution in [1.82, 2.24) is 0 Å². The van der Waals surface area contributed by atoms with E-state index in [-0.39, 0.29) is 5.78 Å². The molecule has 0 N–H and O–H groups in total. The van der Waals surface area contributed by atoms with Gasteiger partial charge >= 0.3 is 0 Å². The van der Waals surface area contributed by atoms with Crippen molar-refractivity contribution in [3.05, 3.63) is 35.4 Å². The molecule has 72 valence electrons. The third kappa shape index (κ3) is 2.43. The largest absolute Gasteiger partial charge is 0.293 e. The summed E-state index contributed by atoms with van der Waals surface area (Å²) in [4.78, 5) is 11.7. The van der Waals surface area contributed by atoms with Gasteiger partial charge in [-0.1, -0.05) is 28.1 Å². The summed E-state index contributed by atoms with van der Waals surface area (Å²) >= 11 is 3.30. The topological polar surface area (TPSA) is 40.9 Å². The Kier molecular flexibility index (Phi) is 3.07. The van der Waals surface area contributed by atoms with Gasteiger partial charge in [0, 0.05) is 5.56 Å². The highest BCUT2D eigenvalue weighted by atomic mass is 79.9. The molecule has 2 nitrogen and oxygen atoms in total. The quantitative estimate of drug-likeness (QED) is 0.599. The van der Waals surface area contributed by atoms with Crippen LogP contribution < -0.4 is 0 Å². The van der Waals surface area contributed by atoms with Crippen LogP contribution in [0.5, 0.6) is 0 Å². The second-order valence-corrected chi connectivity index (χ2v) is 5.47. The first-order valence-corrected chi connectivity index (χ1v) is 4.98. The van der Waals surface area contributed by atoms with Crippen LogP contribution in [0.2, 0.25) is 0 Å². The predicted molar refractivity (Wildman–Crippen MR) is 58.5 cm³/mol. The van der Waals surface area contributed by atoms with Gasteiger partial charge in [0.05, 0.1) is 16.0 Å². The normalized spacial score (nSPS) is 10.7. The zero-order valence-corrected chi connectivity index (χ0v) is 9.63. The number of carbonyl (C=O) groups excluding carboxylic acids is 1. The van der Waals surface area contributed by atoms with Crippen molar-refractivity contribution in [3.63, 3.8) is 0 Å². The lowest BCUT2D eigenvalue weighted by Gasteiger charge is -2.14. The lowest BCUT2D eigenvalue weighted by atomic mass is 10.00. The Labute approximate surface area is 91.7 Å². The van der Waals surface area contributed by atoms with E-state index in [2.05, 4.69) is 15.9 Å². The summed E-state index contributed by atoms with van der Waals surface area (Å²) in [5.74, 6) is 0.0157. The van der Waals surface area contributed by atoms with E-state index in [1.165, 1.54) is 0 Å². The van der Waals surface area contributed by atoms with Crippen molar-refractivity contribution in [2.75, 3.05) is 0 Å². The highest BCUT2D eigenvalue weighted by Gasteiger charge is 2.24. The van der Waals surface area contributed by atoms with Crippen LogP contribution in [0.1, 0.15) is 29.8 Å². The number of alkyl halides is 1. The molecule has 0 unspecified atom stereocenters. The van der Waals surface area contributed by atoms with Crippen molar-refractivity contribution >= 4 is 21.7 Å². The molecule has 14 heavy (non-hydrogen) atoms. The van der Waals surface area contributed by atoms with Crippen LogP contribution in [0.3, 0.4) is 0 Å². The molecular formula is C11H10BrNO. The molecular weight excluding hydrogens is 242 g/mol. The molecule has 0 aromatic heterocycles. The zero-order valence-electron chi connectivity index (χ0n) is 8.04. The number of rotatable bonds is 2. The molecule has 3 heteroatoms. The van der Waals surface area contributed by atoms with Gasteiger partial charge in [0.2, 0.25) is 0 Å². The van der Waals surface area contributed by atoms with Crippen molar-refractivity contribution in [3.8, 4) is 6.07 Å². The minimum absolute atomic E-state index is 0.0157. The van der Waals surface area contributed by atoms with Gasteiger partial charge in [-0.2, -0.15) is 5.26 Å². The Morgan fingerprint density at radius 3 is 2.21 bits per heavy atom. The SMILES string of the molecule is CC(C)(Br)C(=O)c1ccc(C#N)cc1. The average Bonchev–Trinajstić information content (AvgIpc) is 2.15. The third-order valence-electron chi connectivity index (χ3n) is 1.82. The van der Waals surface area contributed by atoms with E-state index in [1.54, 1.807) is 38.1 Å². The number of nitriles is 1. The van der Waals surface area contributed by atoms with E-state index in [1.807, 2.05) is 6.07 Å². The number of benzene rings is 1. The molecule has 1 aromatic rings. The number of ketones is 1. The smallest absolute Gasteiger partial charge is 0.178 e. The predicted octanol–water partition coefficient (Wildman–Crippen LogP) is 2.91. The number of halogens is 1. The molecule has 0 aliphatic heterocycles. The van der Waals surface area contributed by atoms with Gasteiger partial charge in [-0.05, 0) is 26.0 Å². The van der Waals surface area contributed by atoms with E-state index in [0.717, 1.165) is 0 Å². The summed E-state index contributed by atoms with van der Waals surface area (Å²) in [5, 5.41) is 8.58. The van der Waals surface area contributed by atoms with E-state index in [0.29, 0.717) is 11.1 Å². The zero-order chi connectivity index (χ0) is 10.8. The summed E-state index contributed by atoms with van der Waals surface area (Å²) in [7, 11) is 0. The highest BCUT2D eigenvalue weighted by molar-refractivity contribution is 9.10. The molecule has 0 bridgehead atoms. The Morgan fingerprint density at radius 2 is 1.86 bits per heavy atom. The second-order valence-electron chi connectivity index (χ2n) is 3.49. The van der Waals surface area contributed by atoms with Gasteiger partial charge in [-0.25, -0.2) is 0 Å². The van der Waals surface area contributed by atoms with Crippen LogP contribution in [-0.4, -0.2) is 10.1 Å². The summed E-state index contributed by atoms with van der Waals surface area (Å²) in [6.45, 7) is 3.60. The van der Waals surface area contributed by atoms with Gasteiger partial charge in [0.15, 0.2) is 5.78 Å². The van der Waals surface area contributed by atoms with Crippen molar-refractivity contribution < 1.29 is 4.79 Å². The molecule has 0 saturated heterocycles. The molecule has 0 aliphatic carbocycles. The molecule has 0 spiro atoms. The van der Waals surface area contributed by atoms with E-state index >= 15 is 0 Å². The summed E-state index contributed by atoms with van der Waals surface area (Å²) in [5.41, 5.74) is 1.18. The maximum Gasteiger partial charge on any atom is 0.178 e. The van der Waals surface area contributed by atoms with Crippen LogP contribution in [-0.2, 0) is 0 Å². The Morgan fingerprint density at radius 1 is 1.36 bits per heavy atom. The maximum atomic E-state index is 11.7. The van der Waals surface area contributed by atoms with Crippen molar-refractivity contribution in [2.45, 2.75) is 18.2 Å². The van der Waals surface area contributed by atoms with Gasteiger partial charge in [-0.3, -0.25) is 4.79 Å². The highest BCUT2D eigenvalue weighted by Crippen LogP contribution is 2.22. The maximum absolute atomic E-state index is 11.7. The number of hydrogen-bond donors (Lipinski definition) is 0. The van der Waals surface area contributed by atoms with Gasteiger partial charge in [0.25, 0.3) is 0 Å². The standard InChI is InChI=1S/C11H10BrNO/c1-11(2,12)10(14)9-5-3-8(7-13)4-6-9/h3-6H,1-2H3. The lowest BCUT2D eigenvalue weighted by Crippen LogP contribution is -2.23. The molecule has 0 heterocycles. The first kappa shape index (κ1) is 10.9. The van der Waals surface area contributed by atoms with Crippen LogP contribution in [0.15, 0.2) is 24.3 Å². The summed E-state index contributed by atoms with van der Waals surface area (Å²) < 4.78 is -0.554. The minimum atomic E-state index is -0.554. The lowest BCUT2D eigenvalue weighted by molar-refractivity contribution is 0.0961. The van der Waals surface area contributed by atoms with Gasteiger partial charge < -0.3 is 0 Å². The first-order chi connectivity index (χ1) is 6.45. The van der Waals surface area contributed by atoms with E-state index in [9.17, 15) is 4.79 Å². The van der Waals surface area contributed by atoms with Crippen LogP contribution >= 0.6 is 15.9 Å². The van der Waals surface area contributed by atoms with Crippen molar-refractivity contribution in [2.24, 2.45) is 0 Å². The molecule has 1 aromatic carbocycles. The third-order valence-corrected chi connectivity index (χ3v) is 2.18. The Hall–Kier alpha value is -1.14. The van der Waals surface area contributed by atoms with E-state index < -0.39 is 4.32 Å². The number of nitrogens with zero attached hydrogens (tertiary/aromatic N) is 1. The molecule has 0 aliphatic rings. The number of Topliss-reactive ketones (excluding diaryl/α,β-unsaturated/α-hetero) is 1. The Balaban J connectivity index is 3.00. The van der Waals surface area contributed by atoms with E-state index in [4.69, 9.17) is 5.26 Å². The molecule has 0 amide bonds. The van der Waals surface area contributed by atoms with Crippen LogP contribution in [0.25, 0.3) is 0 Å². The number of carbonyl (C=O) groups is 1. The molecule has 1 rings (SSSR count). The molecule has 0 fully saturated rings. The molecule has 0 saturated carbocycles. The van der Waals surface area contributed by atoms with Gasteiger partial charge in [0.1, 0.15) is 0 Å². The fraction of sp³-hybridized carbons (Fsp3) is 0.273. The average molecular weight is 252 g/mol. The first-order valence-electron chi connectivity index (χ1n) is 4.19. The van der Waals surface area contributed by atoms with Crippen LogP contribution in [0, 0.1) is 11.3 Å². The fourth-order valence-electron chi connectivity index (χ4n) is 1.04. The Bertz CT molecular complexity index is 381. The molecule has 0 atom stereocenters. The monoisotopic (exact) mass is 251 g/mol. The van der Waals surface area contributed by atoms with Gasteiger partial charge in [-0.15, -0.1) is 0 Å². The molecule has 0 radical (unpaired) electrons. The second kappa shape index (κ2) is 3.93. The number of hydrogen-bond acceptors (Lipinski definition) is 2. The summed E-state index contributed by atoms with van der Waals surface area (Å²) in [6.07, 6.45) is 0. The minimum Gasteiger partial charge on any atom is -0.293 e. The summed E-state index contributed by atoms with van der Waals surface area (Å²) in [6, 6.07) is 8.64. The van der Waals surface area contributed by atoms with Crippen LogP contribution in [0.4, 0.5) is 0 Å². The fourth-order valence-corrected chi connectivity index (χ4v) is 1.27. The van der Waals surface area contributed by atoms with Crippen molar-refractivity contribution in [1.29, 1.82) is 5.26 Å².